The lowest BCUT2D eigenvalue weighted by Gasteiger charge is -2.34. The second-order valence-electron chi connectivity index (χ2n) is 24.0. The number of aromatic amines is 2. The summed E-state index contributed by atoms with van der Waals surface area (Å²) in [6, 6.07) is 26.5. The molecule has 0 saturated carbocycles. The molecule has 12 aromatic heterocycles. The van der Waals surface area contributed by atoms with Gasteiger partial charge in [-0.2, -0.15) is 46.4 Å². The van der Waals surface area contributed by atoms with Crippen molar-refractivity contribution in [3.63, 3.8) is 0 Å². The molecular formula is C73H62N24O4. The predicted octanol–water partition coefficient (Wildman–Crippen LogP) is 5.98. The van der Waals surface area contributed by atoms with Crippen molar-refractivity contribution in [2.24, 2.45) is 0 Å². The molecular weight excluding hydrogens is 1280 g/mol. The summed E-state index contributed by atoms with van der Waals surface area (Å²) in [5.74, 6) is 8.15. The summed E-state index contributed by atoms with van der Waals surface area (Å²) < 4.78 is 6.82. The van der Waals surface area contributed by atoms with Gasteiger partial charge in [-0.15, -0.1) is 19.3 Å². The summed E-state index contributed by atoms with van der Waals surface area (Å²) in [6.45, 7) is 11.4. The van der Waals surface area contributed by atoms with Crippen molar-refractivity contribution < 1.29 is 19.5 Å². The number of nitriles is 3. The second kappa shape index (κ2) is 28.8. The number of terminal acetylenes is 3. The fourth-order valence-corrected chi connectivity index (χ4v) is 12.5. The monoisotopic (exact) mass is 1340 g/mol. The molecule has 12 aromatic rings. The number of hydrogen-bond acceptors (Lipinski definition) is 19. The Balaban J connectivity index is 0.000000136. The van der Waals surface area contributed by atoms with Crippen molar-refractivity contribution in [3.8, 4) is 122 Å². The highest BCUT2D eigenvalue weighted by molar-refractivity contribution is 5.95. The largest absolute Gasteiger partial charge is 0.391 e. The van der Waals surface area contributed by atoms with E-state index in [2.05, 4.69) is 106 Å². The molecule has 3 fully saturated rings. The van der Waals surface area contributed by atoms with Crippen LogP contribution in [0.1, 0.15) is 29.3 Å². The minimum absolute atomic E-state index is 0.274. The number of nitrogens with one attached hydrogen (secondary N) is 2. The molecule has 28 nitrogen and oxygen atoms in total. The number of hydrogen-bond donors (Lipinski definition) is 3. The third kappa shape index (κ3) is 13.8. The molecule has 15 rings (SSSR count). The number of amides is 3. The van der Waals surface area contributed by atoms with Gasteiger partial charge in [0, 0.05) is 195 Å². The first-order valence-electron chi connectivity index (χ1n) is 32.1. The maximum atomic E-state index is 11.7. The van der Waals surface area contributed by atoms with Crippen molar-refractivity contribution in [3.05, 3.63) is 164 Å². The Labute approximate surface area is 578 Å². The van der Waals surface area contributed by atoms with E-state index in [1.165, 1.54) is 0 Å². The molecule has 0 bridgehead atoms. The van der Waals surface area contributed by atoms with Gasteiger partial charge in [-0.1, -0.05) is 0 Å². The van der Waals surface area contributed by atoms with Crippen LogP contribution in [-0.4, -0.2) is 196 Å². The summed E-state index contributed by atoms with van der Waals surface area (Å²) in [5, 5.41) is 70.1. The summed E-state index contributed by atoms with van der Waals surface area (Å²) in [4.78, 5) is 60.5. The molecule has 3 amide bonds. The molecule has 0 radical (unpaired) electrons. The quantitative estimate of drug-likeness (QED) is 0.125. The predicted molar refractivity (Wildman–Crippen MR) is 375 cm³/mol. The lowest BCUT2D eigenvalue weighted by molar-refractivity contribution is -0.126. The first-order chi connectivity index (χ1) is 49.2. The molecule has 3 N–H and O–H groups in total. The van der Waals surface area contributed by atoms with Crippen LogP contribution in [0.3, 0.4) is 0 Å². The number of aliphatic hydroxyl groups excluding tert-OH is 1. The zero-order valence-electron chi connectivity index (χ0n) is 54.8. The molecule has 0 aliphatic carbocycles. The van der Waals surface area contributed by atoms with Gasteiger partial charge in [0.05, 0.1) is 82.6 Å². The molecule has 0 aromatic carbocycles. The van der Waals surface area contributed by atoms with E-state index in [-0.39, 0.29) is 17.7 Å². The molecule has 3 aliphatic heterocycles. The van der Waals surface area contributed by atoms with Crippen molar-refractivity contribution in [2.75, 3.05) is 93.2 Å². The molecule has 28 heteroatoms. The van der Waals surface area contributed by atoms with E-state index in [1.807, 2.05) is 98.6 Å². The van der Waals surface area contributed by atoms with E-state index in [4.69, 9.17) is 19.3 Å². The number of aliphatic hydroxyl groups is 1. The number of aromatic nitrogens is 15. The normalized spacial score (nSPS) is 14.0. The Hall–Kier alpha value is -13.9. The van der Waals surface area contributed by atoms with Crippen molar-refractivity contribution in [2.45, 2.75) is 26.5 Å². The highest BCUT2D eigenvalue weighted by Crippen LogP contribution is 2.36. The average molecular weight is 1340 g/mol. The van der Waals surface area contributed by atoms with Crippen LogP contribution in [0.4, 0.5) is 17.5 Å². The van der Waals surface area contributed by atoms with Gasteiger partial charge in [-0.05, 0) is 92.3 Å². The number of H-pyrrole nitrogens is 2. The lowest BCUT2D eigenvalue weighted by Crippen LogP contribution is -2.48. The number of anilines is 3. The van der Waals surface area contributed by atoms with Gasteiger partial charge >= 0.3 is 0 Å². The molecule has 3 saturated heterocycles. The number of piperazine rings is 3. The van der Waals surface area contributed by atoms with Gasteiger partial charge in [0.1, 0.15) is 35.7 Å². The highest BCUT2D eigenvalue weighted by Gasteiger charge is 2.26. The third-order valence-electron chi connectivity index (χ3n) is 17.7. The average Bonchev–Trinajstić information content (AvgIpc) is 1.69. The van der Waals surface area contributed by atoms with Crippen LogP contribution >= 0.6 is 0 Å². The standard InChI is InChI=1S/C26H24N8O2.C24H20N8O.C23H18N8O/c1-3-25(36)32-8-6-31(7-9-32)24-5-4-19(12-28-24)23-10-20(17-34-26(23)21(11-27)13-30-34)22-14-29-33(16-22)15-18(2)35;1-3-23(33)31-8-6-30(7-9-31)22-5-4-17(13-26-22)20-11-18(21-10-16(2)28-29-21)15-32-24(20)19(12-25)14-27-32;1-2-22(32)30-7-5-29(6-8-30)21-4-3-16(11-25-21)20-9-17(19-12-26-27-13-19)15-31-23(20)18(10-24)14-28-31/h1,4-5,10,12-14,16-18,35H,6-9,15H2,2H3;1,4-5,10-11,13-15H,6-9H2,2H3,(H,28,29);1,3-4,9,11-15H,5-8H2,(H,26,27). The molecule has 3 aliphatic rings. The van der Waals surface area contributed by atoms with E-state index in [0.29, 0.717) is 107 Å². The van der Waals surface area contributed by atoms with Crippen molar-refractivity contribution in [1.82, 2.24) is 88.7 Å². The van der Waals surface area contributed by atoms with Crippen molar-refractivity contribution >= 4 is 51.7 Å². The molecule has 1 unspecified atom stereocenters. The number of fused-ring (bicyclic) bond motifs is 3. The first-order valence-corrected chi connectivity index (χ1v) is 32.1. The molecule has 1 atom stereocenters. The highest BCUT2D eigenvalue weighted by atomic mass is 16.3. The van der Waals surface area contributed by atoms with Crippen LogP contribution in [0.25, 0.3) is 83.4 Å². The van der Waals surface area contributed by atoms with Crippen LogP contribution in [0.2, 0.25) is 0 Å². The first kappa shape index (κ1) is 65.7. The fourth-order valence-electron chi connectivity index (χ4n) is 12.5. The molecule has 101 heavy (non-hydrogen) atoms. The maximum absolute atomic E-state index is 11.7. The number of carbonyl (C=O) groups is 3. The molecule has 498 valence electrons. The Morgan fingerprint density at radius 3 is 1.22 bits per heavy atom. The second-order valence-corrected chi connectivity index (χ2v) is 24.0. The number of pyridine rings is 6. The van der Waals surface area contributed by atoms with Gasteiger partial charge < -0.3 is 34.5 Å². The lowest BCUT2D eigenvalue weighted by atomic mass is 10.0. The van der Waals surface area contributed by atoms with Gasteiger partial charge in [-0.25, -0.2) is 28.5 Å². The number of rotatable bonds is 11. The Morgan fingerprint density at radius 2 is 0.881 bits per heavy atom. The van der Waals surface area contributed by atoms with E-state index in [0.717, 1.165) is 101 Å². The van der Waals surface area contributed by atoms with Crippen LogP contribution < -0.4 is 14.7 Å². The van der Waals surface area contributed by atoms with Crippen LogP contribution in [0.15, 0.2) is 141 Å². The summed E-state index contributed by atoms with van der Waals surface area (Å²) in [7, 11) is 0. The Bertz CT molecular complexity index is 5340. The van der Waals surface area contributed by atoms with E-state index < -0.39 is 6.10 Å². The number of aryl methyl sites for hydroxylation is 1. The van der Waals surface area contributed by atoms with Crippen LogP contribution in [0, 0.1) is 77.9 Å². The fraction of sp³-hybridized carbons (Fsp3) is 0.219. The summed E-state index contributed by atoms with van der Waals surface area (Å²) in [6.07, 6.45) is 38.0. The zero-order valence-corrected chi connectivity index (χ0v) is 54.8. The number of carbonyl (C=O) groups excluding carboxylic acids is 3. The van der Waals surface area contributed by atoms with Crippen molar-refractivity contribution in [1.29, 1.82) is 15.8 Å². The topological polar surface area (TPSA) is 328 Å². The van der Waals surface area contributed by atoms with Gasteiger partial charge in [0.2, 0.25) is 0 Å². The molecule has 15 heterocycles. The van der Waals surface area contributed by atoms with Gasteiger partial charge in [0.25, 0.3) is 17.7 Å². The zero-order chi connectivity index (χ0) is 70.3. The summed E-state index contributed by atoms with van der Waals surface area (Å²) in [5.41, 5.74) is 15.0. The van der Waals surface area contributed by atoms with Gasteiger partial charge in [0.15, 0.2) is 0 Å². The summed E-state index contributed by atoms with van der Waals surface area (Å²) >= 11 is 0. The molecule has 0 spiro atoms. The van der Waals surface area contributed by atoms with E-state index >= 15 is 0 Å². The van der Waals surface area contributed by atoms with E-state index in [1.54, 1.807) is 89.4 Å². The maximum Gasteiger partial charge on any atom is 0.298 e. The SMILES string of the molecule is C#CC(=O)N1CCN(c2ccc(-c3cc(-c4cc(C)[nH]n4)cn4ncc(C#N)c34)cn2)CC1.C#CC(=O)N1CCN(c2ccc(-c3cc(-c4cn[nH]c4)cn4ncc(C#N)c34)cn2)CC1.C#CC(=O)N1CCN(c2ccc(-c3cc(-c4cnn(CC(C)O)c4)cn4ncc(C#N)c34)cn2)CC1. The minimum Gasteiger partial charge on any atom is -0.391 e. The van der Waals surface area contributed by atoms with Crippen LogP contribution in [0.5, 0.6) is 0 Å². The van der Waals surface area contributed by atoms with Crippen LogP contribution in [-0.2, 0) is 20.9 Å². The Morgan fingerprint density at radius 1 is 0.485 bits per heavy atom. The van der Waals surface area contributed by atoms with E-state index in [9.17, 15) is 35.3 Å². The number of nitrogens with zero attached hydrogens (tertiary/aromatic N) is 22. The smallest absolute Gasteiger partial charge is 0.298 e. The Kier molecular flexibility index (Phi) is 18.7. The minimum atomic E-state index is -0.509. The third-order valence-corrected chi connectivity index (χ3v) is 17.7. The van der Waals surface area contributed by atoms with Gasteiger partial charge in [-0.3, -0.25) is 29.3 Å².